The van der Waals surface area contributed by atoms with Gasteiger partial charge in [-0.1, -0.05) is 11.6 Å². The molecular weight excluding hydrogens is 457 g/mol. The van der Waals surface area contributed by atoms with Crippen molar-refractivity contribution in [3.63, 3.8) is 0 Å². The van der Waals surface area contributed by atoms with E-state index in [0.29, 0.717) is 35.9 Å². The number of aromatic nitrogens is 3. The molecule has 0 saturated carbocycles. The first-order valence-corrected chi connectivity index (χ1v) is 10.6. The van der Waals surface area contributed by atoms with E-state index in [9.17, 15) is 23.2 Å². The van der Waals surface area contributed by atoms with E-state index in [2.05, 4.69) is 9.97 Å². The van der Waals surface area contributed by atoms with Crippen LogP contribution in [-0.4, -0.2) is 40.1 Å². The van der Waals surface area contributed by atoms with Crippen LogP contribution in [-0.2, 0) is 18.0 Å². The van der Waals surface area contributed by atoms with Gasteiger partial charge in [-0.05, 0) is 31.9 Å². The highest BCUT2D eigenvalue weighted by Crippen LogP contribution is 2.38. The lowest BCUT2D eigenvalue weighted by Gasteiger charge is -2.30. The minimum Gasteiger partial charge on any atom is -0.343 e. The number of carbonyl (C=O) groups is 1. The van der Waals surface area contributed by atoms with Crippen LogP contribution in [0.2, 0.25) is 5.02 Å². The van der Waals surface area contributed by atoms with Gasteiger partial charge in [0.1, 0.15) is 35.0 Å². The van der Waals surface area contributed by atoms with Crippen LogP contribution in [0.25, 0.3) is 11.0 Å². The fourth-order valence-corrected chi connectivity index (χ4v) is 4.41. The van der Waals surface area contributed by atoms with Crippen LogP contribution in [0.15, 0.2) is 24.4 Å². The summed E-state index contributed by atoms with van der Waals surface area (Å²) in [5.74, 6) is -0.178. The minimum atomic E-state index is -4.71. The second-order valence-corrected chi connectivity index (χ2v) is 8.40. The van der Waals surface area contributed by atoms with Crippen molar-refractivity contribution in [2.45, 2.75) is 32.0 Å². The normalized spacial score (nSPS) is 16.3. The van der Waals surface area contributed by atoms with Gasteiger partial charge in [-0.25, -0.2) is 9.97 Å². The predicted molar refractivity (Wildman–Crippen MR) is 118 cm³/mol. The largest absolute Gasteiger partial charge is 0.417 e. The van der Waals surface area contributed by atoms with Crippen molar-refractivity contribution in [2.24, 2.45) is 7.05 Å². The maximum absolute atomic E-state index is 13.6. The Bertz CT molecular complexity index is 1300. The molecule has 7 nitrogen and oxygen atoms in total. The van der Waals surface area contributed by atoms with E-state index in [0.717, 1.165) is 11.5 Å². The Morgan fingerprint density at radius 3 is 2.73 bits per heavy atom. The summed E-state index contributed by atoms with van der Waals surface area (Å²) in [6, 6.07) is 5.10. The Balaban J connectivity index is 1.73. The first-order chi connectivity index (χ1) is 15.5. The van der Waals surface area contributed by atoms with Crippen molar-refractivity contribution >= 4 is 40.2 Å². The monoisotopic (exact) mass is 476 g/mol. The maximum atomic E-state index is 13.6. The third-order valence-electron chi connectivity index (χ3n) is 5.80. The highest BCUT2D eigenvalue weighted by Gasteiger charge is 2.40. The average molecular weight is 477 g/mol. The lowest BCUT2D eigenvalue weighted by Crippen LogP contribution is -2.45. The summed E-state index contributed by atoms with van der Waals surface area (Å²) >= 11 is 6.37. The average Bonchev–Trinajstić information content (AvgIpc) is 3.39. The van der Waals surface area contributed by atoms with Crippen molar-refractivity contribution in [1.82, 2.24) is 14.5 Å². The SMILES string of the molecule is Cc1cc(C(F)(F)F)c(C#N)c(N2CCCC2C(=O)N(C)c2cc(Cl)c3ccn(C)c3n2)n1. The number of aryl methyl sites for hydroxylation is 2. The lowest BCUT2D eigenvalue weighted by atomic mass is 10.1. The van der Waals surface area contributed by atoms with Crippen LogP contribution in [0.5, 0.6) is 0 Å². The van der Waals surface area contributed by atoms with Crippen LogP contribution in [0.3, 0.4) is 0 Å². The molecular formula is C22H20ClF3N6O. The lowest BCUT2D eigenvalue weighted by molar-refractivity contribution is -0.137. The molecule has 1 amide bonds. The fraction of sp³-hybridized carbons (Fsp3) is 0.364. The van der Waals surface area contributed by atoms with E-state index < -0.39 is 23.3 Å². The third-order valence-corrected chi connectivity index (χ3v) is 6.12. The van der Waals surface area contributed by atoms with E-state index in [1.807, 2.05) is 6.07 Å². The molecule has 0 radical (unpaired) electrons. The van der Waals surface area contributed by atoms with Gasteiger partial charge in [-0.2, -0.15) is 18.4 Å². The van der Waals surface area contributed by atoms with Gasteiger partial charge in [-0.3, -0.25) is 9.69 Å². The summed E-state index contributed by atoms with van der Waals surface area (Å²) in [5, 5.41) is 10.7. The molecule has 11 heteroatoms. The Kier molecular flexibility index (Phi) is 5.70. The molecule has 3 aromatic rings. The molecule has 1 atom stereocenters. The summed E-state index contributed by atoms with van der Waals surface area (Å²) in [7, 11) is 3.35. The molecule has 0 aromatic carbocycles. The molecule has 0 bridgehead atoms. The molecule has 1 aliphatic heterocycles. The predicted octanol–water partition coefficient (Wildman–Crippen LogP) is 4.45. The van der Waals surface area contributed by atoms with Gasteiger partial charge in [0.05, 0.1) is 10.6 Å². The first-order valence-electron chi connectivity index (χ1n) is 10.2. The Labute approximate surface area is 193 Å². The first kappa shape index (κ1) is 22.9. The number of likely N-dealkylation sites (N-methyl/N-ethyl adjacent to an activating group) is 1. The molecule has 1 saturated heterocycles. The Hall–Kier alpha value is -3.32. The number of hydrogen-bond acceptors (Lipinski definition) is 5. The number of rotatable bonds is 3. The number of halogens is 4. The topological polar surface area (TPSA) is 78.0 Å². The quantitative estimate of drug-likeness (QED) is 0.558. The molecule has 33 heavy (non-hydrogen) atoms. The summed E-state index contributed by atoms with van der Waals surface area (Å²) < 4.78 is 42.5. The maximum Gasteiger partial charge on any atom is 0.417 e. The van der Waals surface area contributed by atoms with Crippen LogP contribution in [0.4, 0.5) is 24.8 Å². The second-order valence-electron chi connectivity index (χ2n) is 7.99. The minimum absolute atomic E-state index is 0.116. The van der Waals surface area contributed by atoms with Gasteiger partial charge in [-0.15, -0.1) is 0 Å². The standard InChI is InChI=1S/C22H20ClF3N6O/c1-12-9-15(22(24,25)26)14(11-27)20(28-12)32-7-4-5-17(32)21(33)31(3)18-10-16(23)13-6-8-30(2)19(13)29-18/h6,8-10,17H,4-5,7H2,1-3H3. The number of nitrogens with zero attached hydrogens (tertiary/aromatic N) is 6. The zero-order chi connectivity index (χ0) is 24.1. The summed E-state index contributed by atoms with van der Waals surface area (Å²) in [6.07, 6.45) is -1.93. The molecule has 1 unspecified atom stereocenters. The van der Waals surface area contributed by atoms with Crippen LogP contribution >= 0.6 is 11.6 Å². The molecule has 1 aliphatic rings. The summed E-state index contributed by atoms with van der Waals surface area (Å²) in [5.41, 5.74) is -0.920. The molecule has 4 rings (SSSR count). The number of fused-ring (bicyclic) bond motifs is 1. The van der Waals surface area contributed by atoms with Crippen molar-refractivity contribution in [1.29, 1.82) is 5.26 Å². The number of amides is 1. The highest BCUT2D eigenvalue weighted by atomic mass is 35.5. The number of alkyl halides is 3. The summed E-state index contributed by atoms with van der Waals surface area (Å²) in [6.45, 7) is 1.73. The van der Waals surface area contributed by atoms with Crippen molar-refractivity contribution < 1.29 is 18.0 Å². The third kappa shape index (κ3) is 3.97. The van der Waals surface area contributed by atoms with E-state index in [4.69, 9.17) is 11.6 Å². The Morgan fingerprint density at radius 1 is 1.33 bits per heavy atom. The van der Waals surface area contributed by atoms with Gasteiger partial charge in [0.15, 0.2) is 0 Å². The smallest absolute Gasteiger partial charge is 0.343 e. The van der Waals surface area contributed by atoms with Crippen molar-refractivity contribution in [2.75, 3.05) is 23.4 Å². The number of carbonyl (C=O) groups excluding carboxylic acids is 1. The van der Waals surface area contributed by atoms with Gasteiger partial charge in [0.2, 0.25) is 0 Å². The second kappa shape index (κ2) is 8.23. The number of hydrogen-bond donors (Lipinski definition) is 0. The van der Waals surface area contributed by atoms with E-state index in [1.165, 1.54) is 16.7 Å². The Morgan fingerprint density at radius 2 is 2.06 bits per heavy atom. The summed E-state index contributed by atoms with van der Waals surface area (Å²) in [4.78, 5) is 25.0. The molecule has 3 aromatic heterocycles. The number of anilines is 2. The molecule has 0 N–H and O–H groups in total. The highest BCUT2D eigenvalue weighted by molar-refractivity contribution is 6.35. The molecule has 0 aliphatic carbocycles. The van der Waals surface area contributed by atoms with Crippen LogP contribution in [0.1, 0.15) is 29.7 Å². The van der Waals surface area contributed by atoms with E-state index >= 15 is 0 Å². The van der Waals surface area contributed by atoms with Gasteiger partial charge < -0.3 is 9.47 Å². The molecule has 1 fully saturated rings. The fourth-order valence-electron chi connectivity index (χ4n) is 4.16. The molecule has 4 heterocycles. The van der Waals surface area contributed by atoms with Gasteiger partial charge >= 0.3 is 6.18 Å². The van der Waals surface area contributed by atoms with Crippen LogP contribution in [0, 0.1) is 18.3 Å². The molecule has 0 spiro atoms. The zero-order valence-electron chi connectivity index (χ0n) is 18.1. The van der Waals surface area contributed by atoms with Crippen molar-refractivity contribution in [3.05, 3.63) is 46.2 Å². The number of nitriles is 1. The van der Waals surface area contributed by atoms with Crippen LogP contribution < -0.4 is 9.80 Å². The van der Waals surface area contributed by atoms with E-state index in [-0.39, 0.29) is 17.4 Å². The van der Waals surface area contributed by atoms with Gasteiger partial charge in [0.25, 0.3) is 5.91 Å². The van der Waals surface area contributed by atoms with Crippen molar-refractivity contribution in [3.8, 4) is 6.07 Å². The van der Waals surface area contributed by atoms with Gasteiger partial charge in [0, 0.05) is 44.0 Å². The zero-order valence-corrected chi connectivity index (χ0v) is 18.9. The number of pyridine rings is 2. The molecule has 172 valence electrons. The van der Waals surface area contributed by atoms with E-state index in [1.54, 1.807) is 37.0 Å².